The predicted molar refractivity (Wildman–Crippen MR) is 61.4 cm³/mol. The van der Waals surface area contributed by atoms with Gasteiger partial charge in [-0.25, -0.2) is 0 Å². The van der Waals surface area contributed by atoms with Crippen LogP contribution in [0.5, 0.6) is 0 Å². The number of hydrogen-bond acceptors (Lipinski definition) is 10. The van der Waals surface area contributed by atoms with Crippen LogP contribution in [0.15, 0.2) is 0 Å². The second kappa shape index (κ2) is 20.7. The number of Topliss-reactive ketones (excluding diaryl/α,β-unsaturated/α-hetero) is 1. The summed E-state index contributed by atoms with van der Waals surface area (Å²) in [6, 6.07) is 0. The van der Waals surface area contributed by atoms with Gasteiger partial charge >= 0.3 is 76.2 Å². The van der Waals surface area contributed by atoms with Crippen LogP contribution in [0.25, 0.3) is 0 Å². The van der Waals surface area contributed by atoms with Crippen molar-refractivity contribution in [3.05, 3.63) is 0 Å². The van der Waals surface area contributed by atoms with E-state index < -0.39 is 56.5 Å². The zero-order valence-electron chi connectivity index (χ0n) is 13.9. The van der Waals surface area contributed by atoms with Crippen molar-refractivity contribution in [3.8, 4) is 0 Å². The molecule has 0 spiro atoms. The van der Waals surface area contributed by atoms with Crippen molar-refractivity contribution in [2.24, 2.45) is 0 Å². The first-order valence-corrected chi connectivity index (χ1v) is 5.88. The Kier molecular flexibility index (Phi) is 30.2. The molecular weight excluding hydrogens is 414 g/mol. The number of rotatable bonds is 12. The van der Waals surface area contributed by atoms with Crippen molar-refractivity contribution >= 4 is 23.7 Å². The first-order valence-electron chi connectivity index (χ1n) is 5.88. The molecule has 0 fully saturated rings. The van der Waals surface area contributed by atoms with Crippen molar-refractivity contribution in [1.29, 1.82) is 0 Å². The van der Waals surface area contributed by atoms with E-state index in [1.807, 2.05) is 0 Å². The summed E-state index contributed by atoms with van der Waals surface area (Å²) in [6.45, 7) is -3.80. The largest absolute Gasteiger partial charge is 2.00 e. The molecule has 0 rings (SSSR count). The topological polar surface area (TPSA) is 198 Å². The molecule has 25 heavy (non-hydrogen) atoms. The summed E-state index contributed by atoms with van der Waals surface area (Å²) in [5.41, 5.74) is 0. The standard InChI is InChI=1S/C11H17N2O8.Cu.2Na.H2O/c14-7-8(15)3-12(4-9(16)17)1-2-13(5-10(18)19)6-11(20)21;;;;/h1-7H2,(H,16,17)(H,18,19)(H,20,21);;;;1H2/q-1;+2;2*+1;/p-3. The van der Waals surface area contributed by atoms with E-state index in [2.05, 4.69) is 0 Å². The second-order valence-electron chi connectivity index (χ2n) is 4.22. The Morgan fingerprint density at radius 3 is 1.20 bits per heavy atom. The molecule has 0 bridgehead atoms. The molecule has 0 heterocycles. The number of aliphatic carboxylic acids is 3. The van der Waals surface area contributed by atoms with Gasteiger partial charge in [0.15, 0.2) is 0 Å². The van der Waals surface area contributed by atoms with E-state index in [0.717, 1.165) is 9.80 Å². The van der Waals surface area contributed by atoms with Gasteiger partial charge in [-0.05, 0) is 0 Å². The summed E-state index contributed by atoms with van der Waals surface area (Å²) in [7, 11) is 0. The SMILES string of the molecule is O.O=C([O-])CN(CCN(CC(=O)[O-])CC(=O)C[O-])CC(=O)[O-].[Cu+2].[Na+].[Na+]. The molecule has 137 valence electrons. The fourth-order valence-electron chi connectivity index (χ4n) is 1.55. The minimum absolute atomic E-state index is 0. The van der Waals surface area contributed by atoms with Gasteiger partial charge in [0.2, 0.25) is 0 Å². The Morgan fingerprint density at radius 1 is 0.680 bits per heavy atom. The number of ketones is 1. The number of nitrogens with zero attached hydrogens (tertiary/aromatic N) is 2. The van der Waals surface area contributed by atoms with Crippen LogP contribution in [0.4, 0.5) is 0 Å². The molecule has 0 saturated carbocycles. The molecule has 0 unspecified atom stereocenters. The maximum Gasteiger partial charge on any atom is 2.00 e. The van der Waals surface area contributed by atoms with Crippen LogP contribution in [0.2, 0.25) is 0 Å². The number of carboxylic acid groups (broad SMARTS) is 3. The van der Waals surface area contributed by atoms with E-state index in [1.165, 1.54) is 0 Å². The fourth-order valence-corrected chi connectivity index (χ4v) is 1.55. The summed E-state index contributed by atoms with van der Waals surface area (Å²) in [4.78, 5) is 44.4. The van der Waals surface area contributed by atoms with Gasteiger partial charge in [0, 0.05) is 32.7 Å². The molecule has 0 atom stereocenters. The Bertz CT molecular complexity index is 399. The molecule has 0 saturated heterocycles. The predicted octanol–water partition coefficient (Wildman–Crippen LogP) is -14.0. The third-order valence-electron chi connectivity index (χ3n) is 2.35. The van der Waals surface area contributed by atoms with Crippen molar-refractivity contribution in [3.63, 3.8) is 0 Å². The molecule has 0 amide bonds. The van der Waals surface area contributed by atoms with E-state index >= 15 is 0 Å². The molecule has 0 aliphatic carbocycles. The van der Waals surface area contributed by atoms with E-state index in [0.29, 0.717) is 0 Å². The molecule has 2 N–H and O–H groups in total. The molecule has 11 nitrogen and oxygen atoms in total. The van der Waals surface area contributed by atoms with Crippen molar-refractivity contribution in [2.75, 3.05) is 45.9 Å². The van der Waals surface area contributed by atoms with Crippen molar-refractivity contribution < 1.29 is 121 Å². The first kappa shape index (κ1) is 36.4. The van der Waals surface area contributed by atoms with Crippen LogP contribution in [-0.4, -0.2) is 84.8 Å². The Hall–Kier alpha value is 0.439. The van der Waals surface area contributed by atoms with Gasteiger partial charge in [0.1, 0.15) is 5.78 Å². The number of carbonyl (C=O) groups excluding carboxylic acids is 4. The normalized spacial score (nSPS) is 9.08. The second-order valence-corrected chi connectivity index (χ2v) is 4.22. The van der Waals surface area contributed by atoms with Gasteiger partial charge < -0.3 is 40.3 Å². The van der Waals surface area contributed by atoms with Crippen molar-refractivity contribution in [1.82, 2.24) is 9.80 Å². The quantitative estimate of drug-likeness (QED) is 0.268. The molecule has 0 aliphatic rings. The van der Waals surface area contributed by atoms with Gasteiger partial charge in [-0.1, -0.05) is 6.61 Å². The van der Waals surface area contributed by atoms with E-state index in [1.54, 1.807) is 0 Å². The van der Waals surface area contributed by atoms with Crippen LogP contribution in [0.1, 0.15) is 0 Å². The van der Waals surface area contributed by atoms with Gasteiger partial charge in [0.05, 0.1) is 24.5 Å². The van der Waals surface area contributed by atoms with E-state index in [4.69, 9.17) is 0 Å². The molecule has 14 heteroatoms. The molecule has 0 aliphatic heterocycles. The fraction of sp³-hybridized carbons (Fsp3) is 0.636. The smallest absolute Gasteiger partial charge is 0.849 e. The van der Waals surface area contributed by atoms with Crippen LogP contribution in [0, 0.1) is 0 Å². The molecule has 1 radical (unpaired) electrons. The number of hydrogen-bond donors (Lipinski definition) is 0. The monoisotopic (exact) mass is 429 g/mol. The minimum Gasteiger partial charge on any atom is -0.849 e. The van der Waals surface area contributed by atoms with Crippen LogP contribution < -0.4 is 79.5 Å². The Balaban J connectivity index is -0.000000333. The van der Waals surface area contributed by atoms with Gasteiger partial charge in [0.25, 0.3) is 0 Å². The maximum atomic E-state index is 11.0. The molecule has 0 aromatic heterocycles. The summed E-state index contributed by atoms with van der Waals surface area (Å²) < 4.78 is 0. The molecule has 0 aromatic rings. The third-order valence-corrected chi connectivity index (χ3v) is 2.35. The van der Waals surface area contributed by atoms with Crippen molar-refractivity contribution in [2.45, 2.75) is 0 Å². The minimum atomic E-state index is -1.52. The van der Waals surface area contributed by atoms with Gasteiger partial charge in [-0.15, -0.1) is 0 Å². The summed E-state index contributed by atoms with van der Waals surface area (Å²) in [5.74, 6) is -5.26. The summed E-state index contributed by atoms with van der Waals surface area (Å²) in [5, 5.41) is 41.8. The first-order chi connectivity index (χ1) is 9.74. The number of carboxylic acids is 3. The van der Waals surface area contributed by atoms with E-state index in [-0.39, 0.29) is 94.7 Å². The molecule has 0 aromatic carbocycles. The Labute approximate surface area is 199 Å². The summed E-state index contributed by atoms with van der Waals surface area (Å²) in [6.07, 6.45) is 0. The average Bonchev–Trinajstić information content (AvgIpc) is 2.33. The van der Waals surface area contributed by atoms with E-state index in [9.17, 15) is 39.6 Å². The van der Waals surface area contributed by atoms with Gasteiger partial charge in [-0.2, -0.15) is 0 Å². The van der Waals surface area contributed by atoms with Crippen LogP contribution in [-0.2, 0) is 36.2 Å². The molecular formula is C11H16CuN2Na2O9. The Morgan fingerprint density at radius 2 is 0.960 bits per heavy atom. The zero-order valence-corrected chi connectivity index (χ0v) is 18.9. The van der Waals surface area contributed by atoms with Gasteiger partial charge in [-0.3, -0.25) is 14.6 Å². The maximum absolute atomic E-state index is 11.0. The average molecular weight is 430 g/mol. The zero-order chi connectivity index (χ0) is 16.4. The van der Waals surface area contributed by atoms with Crippen LogP contribution in [0.3, 0.4) is 0 Å². The number of carbonyl (C=O) groups is 4. The van der Waals surface area contributed by atoms with Crippen LogP contribution >= 0.6 is 0 Å². The third kappa shape index (κ3) is 22.4. The summed E-state index contributed by atoms with van der Waals surface area (Å²) >= 11 is 0.